The number of pyridine rings is 1. The zero-order valence-corrected chi connectivity index (χ0v) is 15.4. The molecule has 4 nitrogen and oxygen atoms in total. The third kappa shape index (κ3) is 4.65. The van der Waals surface area contributed by atoms with Crippen LogP contribution in [0.5, 0.6) is 11.5 Å². The largest absolute Gasteiger partial charge is 0.493 e. The van der Waals surface area contributed by atoms with E-state index < -0.39 is 0 Å². The lowest BCUT2D eigenvalue weighted by Gasteiger charge is -2.16. The predicted octanol–water partition coefficient (Wildman–Crippen LogP) is 5.14. The molecule has 1 heterocycles. The van der Waals surface area contributed by atoms with Gasteiger partial charge in [-0.3, -0.25) is 4.79 Å². The topological polar surface area (TPSA) is 48.4 Å². The molecule has 1 aliphatic rings. The number of aromatic nitrogens is 1. The van der Waals surface area contributed by atoms with Crippen LogP contribution in [-0.4, -0.2) is 24.0 Å². The Morgan fingerprint density at radius 3 is 2.44 bits per heavy atom. The average molecular weight is 380 g/mol. The maximum atomic E-state index is 12.6. The van der Waals surface area contributed by atoms with E-state index in [0.29, 0.717) is 17.1 Å². The van der Waals surface area contributed by atoms with E-state index in [1.165, 1.54) is 12.8 Å². The van der Waals surface area contributed by atoms with E-state index in [4.69, 9.17) is 32.7 Å². The highest BCUT2D eigenvalue weighted by Crippen LogP contribution is 2.32. The zero-order chi connectivity index (χ0) is 17.8. The first kappa shape index (κ1) is 18.0. The molecule has 1 aliphatic carbocycles. The highest BCUT2D eigenvalue weighted by atomic mass is 35.5. The summed E-state index contributed by atoms with van der Waals surface area (Å²) in [4.78, 5) is 16.5. The first-order valence-corrected chi connectivity index (χ1v) is 9.00. The zero-order valence-electron chi connectivity index (χ0n) is 13.9. The molecule has 0 saturated heterocycles. The van der Waals surface area contributed by atoms with E-state index >= 15 is 0 Å². The first-order chi connectivity index (χ1) is 12.0. The van der Waals surface area contributed by atoms with Crippen molar-refractivity contribution in [2.75, 3.05) is 7.11 Å². The molecule has 0 radical (unpaired) electrons. The van der Waals surface area contributed by atoms with Crippen molar-refractivity contribution >= 4 is 29.0 Å². The van der Waals surface area contributed by atoms with Crippen molar-refractivity contribution in [3.63, 3.8) is 0 Å². The van der Waals surface area contributed by atoms with E-state index in [2.05, 4.69) is 4.98 Å². The SMILES string of the molecule is COc1ccc(C(=O)Cc2cc(Cl)nc(Cl)c2)cc1OC1CCCC1. The summed E-state index contributed by atoms with van der Waals surface area (Å²) < 4.78 is 11.4. The molecule has 25 heavy (non-hydrogen) atoms. The molecule has 0 amide bonds. The molecular weight excluding hydrogens is 361 g/mol. The Morgan fingerprint density at radius 2 is 1.80 bits per heavy atom. The van der Waals surface area contributed by atoms with Crippen LogP contribution in [0.15, 0.2) is 30.3 Å². The summed E-state index contributed by atoms with van der Waals surface area (Å²) in [5.41, 5.74) is 1.29. The van der Waals surface area contributed by atoms with Gasteiger partial charge in [-0.05, 0) is 61.6 Å². The lowest BCUT2D eigenvalue weighted by atomic mass is 10.0. The summed E-state index contributed by atoms with van der Waals surface area (Å²) in [6.07, 6.45) is 4.81. The van der Waals surface area contributed by atoms with Crippen LogP contribution in [-0.2, 0) is 6.42 Å². The quantitative estimate of drug-likeness (QED) is 0.514. The van der Waals surface area contributed by atoms with Crippen LogP contribution < -0.4 is 9.47 Å². The van der Waals surface area contributed by atoms with Gasteiger partial charge in [0, 0.05) is 12.0 Å². The van der Waals surface area contributed by atoms with Crippen molar-refractivity contribution in [1.29, 1.82) is 0 Å². The molecule has 0 atom stereocenters. The fourth-order valence-corrected chi connectivity index (χ4v) is 3.54. The van der Waals surface area contributed by atoms with Crippen LogP contribution in [0.25, 0.3) is 0 Å². The number of benzene rings is 1. The van der Waals surface area contributed by atoms with Gasteiger partial charge in [0.15, 0.2) is 17.3 Å². The minimum atomic E-state index is -0.0442. The fraction of sp³-hybridized carbons (Fsp3) is 0.368. The van der Waals surface area contributed by atoms with Crippen LogP contribution in [0.3, 0.4) is 0 Å². The van der Waals surface area contributed by atoms with Crippen molar-refractivity contribution < 1.29 is 14.3 Å². The number of rotatable bonds is 6. The van der Waals surface area contributed by atoms with Crippen molar-refractivity contribution in [1.82, 2.24) is 4.98 Å². The number of halogens is 2. The van der Waals surface area contributed by atoms with Gasteiger partial charge in [0.2, 0.25) is 0 Å². The molecule has 1 fully saturated rings. The fourth-order valence-electron chi connectivity index (χ4n) is 3.03. The molecule has 6 heteroatoms. The molecule has 1 aromatic carbocycles. The number of carbonyl (C=O) groups is 1. The Labute approximate surface area is 157 Å². The highest BCUT2D eigenvalue weighted by molar-refractivity contribution is 6.32. The van der Waals surface area contributed by atoms with Gasteiger partial charge in [-0.25, -0.2) is 4.98 Å². The second-order valence-electron chi connectivity index (χ2n) is 6.11. The van der Waals surface area contributed by atoms with E-state index in [0.717, 1.165) is 18.4 Å². The normalized spacial score (nSPS) is 14.5. The summed E-state index contributed by atoms with van der Waals surface area (Å²) in [5.74, 6) is 1.21. The summed E-state index contributed by atoms with van der Waals surface area (Å²) in [7, 11) is 1.60. The molecule has 0 spiro atoms. The first-order valence-electron chi connectivity index (χ1n) is 8.25. The maximum absolute atomic E-state index is 12.6. The Balaban J connectivity index is 1.79. The minimum Gasteiger partial charge on any atom is -0.493 e. The van der Waals surface area contributed by atoms with Crippen molar-refractivity contribution in [3.05, 3.63) is 51.8 Å². The summed E-state index contributed by atoms with van der Waals surface area (Å²) in [6.45, 7) is 0. The molecule has 0 bridgehead atoms. The van der Waals surface area contributed by atoms with E-state index in [-0.39, 0.29) is 28.6 Å². The van der Waals surface area contributed by atoms with E-state index in [1.807, 2.05) is 0 Å². The lowest BCUT2D eigenvalue weighted by molar-refractivity contribution is 0.0992. The van der Waals surface area contributed by atoms with Gasteiger partial charge in [-0.1, -0.05) is 23.2 Å². The number of carbonyl (C=O) groups excluding carboxylic acids is 1. The van der Waals surface area contributed by atoms with Gasteiger partial charge in [0.05, 0.1) is 13.2 Å². The van der Waals surface area contributed by atoms with Crippen molar-refractivity contribution in [2.45, 2.75) is 38.2 Å². The molecule has 1 saturated carbocycles. The molecular formula is C19H19Cl2NO3. The Bertz CT molecular complexity index is 753. The minimum absolute atomic E-state index is 0.0442. The van der Waals surface area contributed by atoms with E-state index in [9.17, 15) is 4.79 Å². The second kappa shape index (κ2) is 8.07. The van der Waals surface area contributed by atoms with Crippen LogP contribution in [0, 0.1) is 0 Å². The number of Topliss-reactive ketones (excluding diaryl/α,β-unsaturated/α-hetero) is 1. The third-order valence-electron chi connectivity index (χ3n) is 4.27. The van der Waals surface area contributed by atoms with E-state index in [1.54, 1.807) is 37.4 Å². The average Bonchev–Trinajstić information content (AvgIpc) is 3.06. The Morgan fingerprint density at radius 1 is 1.12 bits per heavy atom. The standard InChI is InChI=1S/C19H19Cl2NO3/c1-24-16-7-6-13(11-17(16)25-14-4-2-3-5-14)15(23)8-12-9-18(20)22-19(21)10-12/h6-7,9-11,14H,2-5,8H2,1H3. The van der Waals surface area contributed by atoms with Crippen LogP contribution in [0.1, 0.15) is 41.6 Å². The number of ketones is 1. The third-order valence-corrected chi connectivity index (χ3v) is 4.66. The van der Waals surface area contributed by atoms with Crippen molar-refractivity contribution in [3.8, 4) is 11.5 Å². The number of hydrogen-bond acceptors (Lipinski definition) is 4. The summed E-state index contributed by atoms with van der Waals surface area (Å²) in [5, 5.41) is 0.547. The summed E-state index contributed by atoms with van der Waals surface area (Å²) in [6, 6.07) is 8.55. The number of methoxy groups -OCH3 is 1. The summed E-state index contributed by atoms with van der Waals surface area (Å²) >= 11 is 11.8. The number of nitrogens with zero attached hydrogens (tertiary/aromatic N) is 1. The van der Waals surface area contributed by atoms with Crippen molar-refractivity contribution in [2.24, 2.45) is 0 Å². The number of hydrogen-bond donors (Lipinski definition) is 0. The van der Waals surface area contributed by atoms with Crippen LogP contribution in [0.4, 0.5) is 0 Å². The number of ether oxygens (including phenoxy) is 2. The Hall–Kier alpha value is -1.78. The molecule has 3 rings (SSSR count). The maximum Gasteiger partial charge on any atom is 0.167 e. The van der Waals surface area contributed by atoms with Crippen LogP contribution in [0.2, 0.25) is 10.3 Å². The van der Waals surface area contributed by atoms with Gasteiger partial charge < -0.3 is 9.47 Å². The molecule has 2 aromatic rings. The molecule has 0 aliphatic heterocycles. The van der Waals surface area contributed by atoms with Gasteiger partial charge in [0.25, 0.3) is 0 Å². The molecule has 1 aromatic heterocycles. The lowest BCUT2D eigenvalue weighted by Crippen LogP contribution is -2.12. The molecule has 132 valence electrons. The van der Waals surface area contributed by atoms with Gasteiger partial charge in [-0.15, -0.1) is 0 Å². The second-order valence-corrected chi connectivity index (χ2v) is 6.89. The smallest absolute Gasteiger partial charge is 0.167 e. The molecule has 0 unspecified atom stereocenters. The van der Waals surface area contributed by atoms with Gasteiger partial charge >= 0.3 is 0 Å². The predicted molar refractivity (Wildman–Crippen MR) is 98.2 cm³/mol. The monoisotopic (exact) mass is 379 g/mol. The van der Waals surface area contributed by atoms with Gasteiger partial charge in [-0.2, -0.15) is 0 Å². The van der Waals surface area contributed by atoms with Gasteiger partial charge in [0.1, 0.15) is 10.3 Å². The highest BCUT2D eigenvalue weighted by Gasteiger charge is 2.20. The Kier molecular flexibility index (Phi) is 5.82. The molecule has 0 N–H and O–H groups in total. The van der Waals surface area contributed by atoms with Crippen LogP contribution >= 0.6 is 23.2 Å².